The number of Topliss-reactive ketones (excluding diaryl/α,β-unsaturated/α-hetero) is 2. The van der Waals surface area contributed by atoms with Crippen LogP contribution in [0.3, 0.4) is 0 Å². The molecule has 0 saturated carbocycles. The maximum absolute atomic E-state index is 12.9. The smallest absolute Gasteiger partial charge is 0.223 e. The average Bonchev–Trinajstić information content (AvgIpc) is 2.97. The van der Waals surface area contributed by atoms with Crippen molar-refractivity contribution >= 4 is 35.3 Å². The summed E-state index contributed by atoms with van der Waals surface area (Å²) >= 11 is 0. The van der Waals surface area contributed by atoms with E-state index in [2.05, 4.69) is 27.5 Å². The quantitative estimate of drug-likeness (QED) is 0.0364. The number of hydrogen-bond acceptors (Lipinski definition) is 7. The molecule has 0 aliphatic carbocycles. The monoisotopic (exact) mass is 623 g/mol. The SMILES string of the molecule is CCCCCNC(=O)C(CCCN=C(N)N)CC(=O)CCCCCNC(=O)C(CCCN=C(N)N)CC(=O)CCCCCN. The van der Waals surface area contributed by atoms with E-state index in [4.69, 9.17) is 28.7 Å². The first kappa shape index (κ1) is 40.8. The molecule has 0 spiro atoms. The number of aliphatic imine (C=N–C) groups is 2. The fourth-order valence-corrected chi connectivity index (χ4v) is 4.85. The maximum atomic E-state index is 12.9. The Balaban J connectivity index is 4.63. The highest BCUT2D eigenvalue weighted by atomic mass is 16.2. The molecule has 0 radical (unpaired) electrons. The van der Waals surface area contributed by atoms with Crippen LogP contribution in [-0.2, 0) is 19.2 Å². The molecule has 0 heterocycles. The Morgan fingerprint density at radius 3 is 1.43 bits per heavy atom. The lowest BCUT2D eigenvalue weighted by Crippen LogP contribution is -2.33. The van der Waals surface area contributed by atoms with Gasteiger partial charge in [0.2, 0.25) is 11.8 Å². The first-order valence-corrected chi connectivity index (χ1v) is 16.5. The standard InChI is InChI=1S/C31H61N9O4/c1-2-3-9-18-37-28(43)24(13-11-20-39-30(33)34)23-27(42)16-7-5-10-19-38-29(44)25(14-12-21-40-31(35)36)22-26(41)15-6-4-8-17-32/h24-25H,2-23,32H2,1H3,(H,37,43)(H,38,44)(H4,33,34,39)(H4,35,36,40). The zero-order valence-corrected chi connectivity index (χ0v) is 27.1. The number of nitrogens with zero attached hydrogens (tertiary/aromatic N) is 2. The highest BCUT2D eigenvalue weighted by molar-refractivity contribution is 5.87. The van der Waals surface area contributed by atoms with E-state index in [1.165, 1.54) is 0 Å². The normalized spacial score (nSPS) is 12.1. The van der Waals surface area contributed by atoms with Crippen molar-refractivity contribution in [3.05, 3.63) is 0 Å². The second-order valence-corrected chi connectivity index (χ2v) is 11.5. The summed E-state index contributed by atoms with van der Waals surface area (Å²) in [6.45, 7) is 4.61. The molecule has 0 bridgehead atoms. The van der Waals surface area contributed by atoms with Crippen LogP contribution in [0.25, 0.3) is 0 Å². The molecule has 2 amide bonds. The van der Waals surface area contributed by atoms with Crippen LogP contribution in [0, 0.1) is 11.8 Å². The maximum Gasteiger partial charge on any atom is 0.223 e. The lowest BCUT2D eigenvalue weighted by atomic mass is 9.93. The van der Waals surface area contributed by atoms with Crippen LogP contribution >= 0.6 is 0 Å². The molecule has 2 unspecified atom stereocenters. The largest absolute Gasteiger partial charge is 0.370 e. The molecule has 0 aromatic carbocycles. The number of rotatable bonds is 29. The van der Waals surface area contributed by atoms with Crippen molar-refractivity contribution < 1.29 is 19.2 Å². The predicted molar refractivity (Wildman–Crippen MR) is 178 cm³/mol. The first-order chi connectivity index (χ1) is 21.1. The van der Waals surface area contributed by atoms with Gasteiger partial charge in [0.25, 0.3) is 0 Å². The van der Waals surface area contributed by atoms with E-state index in [0.29, 0.717) is 84.1 Å². The third-order valence-corrected chi connectivity index (χ3v) is 7.37. The van der Waals surface area contributed by atoms with E-state index in [1.54, 1.807) is 0 Å². The summed E-state index contributed by atoms with van der Waals surface area (Å²) in [4.78, 5) is 58.7. The van der Waals surface area contributed by atoms with Gasteiger partial charge in [-0.05, 0) is 64.3 Å². The van der Waals surface area contributed by atoms with Gasteiger partial charge in [-0.1, -0.05) is 32.6 Å². The van der Waals surface area contributed by atoms with Gasteiger partial charge < -0.3 is 39.3 Å². The molecule has 0 aliphatic rings. The van der Waals surface area contributed by atoms with Gasteiger partial charge in [0, 0.05) is 63.7 Å². The van der Waals surface area contributed by atoms with Crippen molar-refractivity contribution in [2.45, 2.75) is 116 Å². The summed E-state index contributed by atoms with van der Waals surface area (Å²) in [7, 11) is 0. The number of guanidine groups is 2. The van der Waals surface area contributed by atoms with Crippen molar-refractivity contribution in [3.8, 4) is 0 Å². The van der Waals surface area contributed by atoms with Crippen molar-refractivity contribution in [2.24, 2.45) is 50.5 Å². The van der Waals surface area contributed by atoms with Crippen molar-refractivity contribution in [2.75, 3.05) is 32.7 Å². The molecule has 254 valence electrons. The molecular formula is C31H61N9O4. The molecule has 0 aliphatic heterocycles. The number of nitrogens with two attached hydrogens (primary N) is 5. The van der Waals surface area contributed by atoms with Gasteiger partial charge in [0.15, 0.2) is 11.9 Å². The van der Waals surface area contributed by atoms with Crippen molar-refractivity contribution in [1.82, 2.24) is 10.6 Å². The van der Waals surface area contributed by atoms with Gasteiger partial charge in [0.1, 0.15) is 11.6 Å². The fourth-order valence-electron chi connectivity index (χ4n) is 4.85. The second-order valence-electron chi connectivity index (χ2n) is 11.5. The minimum atomic E-state index is -0.426. The summed E-state index contributed by atoms with van der Waals surface area (Å²) in [5.74, 6) is -0.918. The molecular weight excluding hydrogens is 562 g/mol. The molecule has 0 fully saturated rings. The van der Waals surface area contributed by atoms with E-state index in [-0.39, 0.29) is 48.1 Å². The Morgan fingerprint density at radius 2 is 1.02 bits per heavy atom. The summed E-state index contributed by atoms with van der Waals surface area (Å²) in [5.41, 5.74) is 27.1. The Labute approximate surface area is 264 Å². The van der Waals surface area contributed by atoms with Crippen LogP contribution in [0.4, 0.5) is 0 Å². The third-order valence-electron chi connectivity index (χ3n) is 7.37. The average molecular weight is 624 g/mol. The Kier molecular flexibility index (Phi) is 25.3. The Morgan fingerprint density at radius 1 is 0.591 bits per heavy atom. The van der Waals surface area contributed by atoms with E-state index in [0.717, 1.165) is 44.9 Å². The van der Waals surface area contributed by atoms with Crippen LogP contribution in [0.1, 0.15) is 116 Å². The minimum Gasteiger partial charge on any atom is -0.370 e. The van der Waals surface area contributed by atoms with Crippen LogP contribution in [-0.4, -0.2) is 68.0 Å². The first-order valence-electron chi connectivity index (χ1n) is 16.5. The molecule has 13 nitrogen and oxygen atoms in total. The van der Waals surface area contributed by atoms with Crippen molar-refractivity contribution in [1.29, 1.82) is 0 Å². The summed E-state index contributed by atoms with van der Waals surface area (Å²) in [6.07, 6.45) is 11.2. The zero-order chi connectivity index (χ0) is 33.0. The highest BCUT2D eigenvalue weighted by Gasteiger charge is 2.22. The van der Waals surface area contributed by atoms with Crippen LogP contribution in [0.15, 0.2) is 9.98 Å². The van der Waals surface area contributed by atoms with E-state index in [9.17, 15) is 19.2 Å². The zero-order valence-electron chi connectivity index (χ0n) is 27.1. The van der Waals surface area contributed by atoms with Crippen LogP contribution in [0.2, 0.25) is 0 Å². The lowest BCUT2D eigenvalue weighted by molar-refractivity contribution is -0.129. The number of ketones is 2. The summed E-state index contributed by atoms with van der Waals surface area (Å²) in [5, 5.41) is 5.92. The molecule has 13 heteroatoms. The Bertz CT molecular complexity index is 872. The highest BCUT2D eigenvalue weighted by Crippen LogP contribution is 2.17. The number of amides is 2. The molecule has 0 aromatic rings. The fraction of sp³-hybridized carbons (Fsp3) is 0.806. The molecule has 0 aromatic heterocycles. The van der Waals surface area contributed by atoms with Gasteiger partial charge in [-0.2, -0.15) is 0 Å². The summed E-state index contributed by atoms with van der Waals surface area (Å²) in [6, 6.07) is 0. The van der Waals surface area contributed by atoms with Crippen molar-refractivity contribution in [3.63, 3.8) is 0 Å². The lowest BCUT2D eigenvalue weighted by Gasteiger charge is -2.17. The molecule has 2 atom stereocenters. The molecule has 0 rings (SSSR count). The number of nitrogens with one attached hydrogen (secondary N) is 2. The number of carbonyl (C=O) groups excluding carboxylic acids is 4. The molecule has 0 saturated heterocycles. The topological polar surface area (TPSA) is 247 Å². The van der Waals surface area contributed by atoms with Crippen LogP contribution in [0.5, 0.6) is 0 Å². The number of carbonyl (C=O) groups is 4. The predicted octanol–water partition coefficient (Wildman–Crippen LogP) is 1.75. The molecule has 12 N–H and O–H groups in total. The van der Waals surface area contributed by atoms with Gasteiger partial charge in [0.05, 0.1) is 0 Å². The van der Waals surface area contributed by atoms with Gasteiger partial charge in [-0.15, -0.1) is 0 Å². The number of unbranched alkanes of at least 4 members (excludes halogenated alkanes) is 6. The van der Waals surface area contributed by atoms with E-state index in [1.807, 2.05) is 0 Å². The van der Waals surface area contributed by atoms with E-state index < -0.39 is 11.8 Å². The minimum absolute atomic E-state index is 0.00417. The third kappa shape index (κ3) is 24.2. The van der Waals surface area contributed by atoms with Gasteiger partial charge in [-0.25, -0.2) is 0 Å². The summed E-state index contributed by atoms with van der Waals surface area (Å²) < 4.78 is 0. The van der Waals surface area contributed by atoms with Gasteiger partial charge in [-0.3, -0.25) is 29.2 Å². The Hall–Kier alpha value is -3.22. The second kappa shape index (κ2) is 27.3. The van der Waals surface area contributed by atoms with E-state index >= 15 is 0 Å². The molecule has 44 heavy (non-hydrogen) atoms. The van der Waals surface area contributed by atoms with Gasteiger partial charge >= 0.3 is 0 Å². The van der Waals surface area contributed by atoms with Crippen LogP contribution < -0.4 is 39.3 Å². The number of hydrogen-bond donors (Lipinski definition) is 7.